The Morgan fingerprint density at radius 2 is 1.69 bits per heavy atom. The van der Waals surface area contributed by atoms with Crippen LogP contribution < -0.4 is 20.9 Å². The average molecular weight is 935 g/mol. The number of fused-ring (bicyclic) bond motifs is 3. The van der Waals surface area contributed by atoms with Crippen molar-refractivity contribution in [3.8, 4) is 11.1 Å². The Bertz CT molecular complexity index is 2680. The monoisotopic (exact) mass is 934 g/mol. The molecule has 3 N–H and O–H groups in total. The van der Waals surface area contributed by atoms with Crippen molar-refractivity contribution in [1.29, 1.82) is 0 Å². The minimum Gasteiger partial charge on any atom is -0.384 e. The molecule has 0 saturated carbocycles. The Morgan fingerprint density at radius 3 is 2.41 bits per heavy atom. The summed E-state index contributed by atoms with van der Waals surface area (Å²) in [6.07, 6.45) is 6.03. The Balaban J connectivity index is 0.770. The van der Waals surface area contributed by atoms with Crippen molar-refractivity contribution in [3.05, 3.63) is 76.2 Å². The van der Waals surface area contributed by atoms with Crippen LogP contribution in [-0.2, 0) is 40.8 Å². The predicted molar refractivity (Wildman–Crippen MR) is 245 cm³/mol. The summed E-state index contributed by atoms with van der Waals surface area (Å²) in [6, 6.07) is 7.34. The molecular formula is C48H56F2N12O6. The number of rotatable bonds is 10. The molecule has 0 radical (unpaired) electrons. The summed E-state index contributed by atoms with van der Waals surface area (Å²) >= 11 is 0. The van der Waals surface area contributed by atoms with Gasteiger partial charge in [-0.3, -0.25) is 48.5 Å². The fraction of sp³-hybridized carbons (Fsp3) is 0.500. The van der Waals surface area contributed by atoms with Crippen LogP contribution in [0.5, 0.6) is 0 Å². The van der Waals surface area contributed by atoms with E-state index in [-0.39, 0.29) is 53.4 Å². The van der Waals surface area contributed by atoms with Gasteiger partial charge in [0.2, 0.25) is 17.7 Å². The molecule has 3 fully saturated rings. The van der Waals surface area contributed by atoms with Crippen LogP contribution in [0.3, 0.4) is 0 Å². The number of imide groups is 2. The van der Waals surface area contributed by atoms with Crippen LogP contribution in [0.15, 0.2) is 42.7 Å². The zero-order valence-corrected chi connectivity index (χ0v) is 38.3. The number of hydrogen-bond donors (Lipinski definition) is 3. The number of piperidine rings is 3. The Hall–Kier alpha value is -6.70. The number of halogens is 2. The number of aromatic nitrogens is 4. The number of benzene rings is 2. The molecule has 6 aliphatic heterocycles. The Kier molecular flexibility index (Phi) is 12.2. The van der Waals surface area contributed by atoms with Gasteiger partial charge in [0.25, 0.3) is 18.2 Å². The lowest BCUT2D eigenvalue weighted by Gasteiger charge is -2.36. The summed E-state index contributed by atoms with van der Waals surface area (Å²) in [4.78, 5) is 86.7. The molecular weight excluding hydrogens is 879 g/mol. The predicted octanol–water partition coefficient (Wildman–Crippen LogP) is 4.39. The molecule has 10 rings (SSSR count). The molecule has 0 spiro atoms. The number of carbonyl (C=O) groups excluding carboxylic acids is 6. The molecule has 0 aliphatic carbocycles. The fourth-order valence-electron chi connectivity index (χ4n) is 11.1. The lowest BCUT2D eigenvalue weighted by Crippen LogP contribution is -2.54. The van der Waals surface area contributed by atoms with Gasteiger partial charge in [0.15, 0.2) is 5.82 Å². The van der Waals surface area contributed by atoms with Crippen LogP contribution in [-0.4, -0.2) is 140 Å². The number of anilines is 3. The van der Waals surface area contributed by atoms with Crippen LogP contribution in [0, 0.1) is 5.92 Å². The molecule has 2 aromatic carbocycles. The molecule has 1 unspecified atom stereocenters. The van der Waals surface area contributed by atoms with Crippen molar-refractivity contribution in [2.75, 3.05) is 69.6 Å². The van der Waals surface area contributed by atoms with Gasteiger partial charge in [-0.15, -0.1) is 0 Å². The molecule has 2 aromatic heterocycles. The van der Waals surface area contributed by atoms with Gasteiger partial charge in [-0.25, -0.2) is 13.6 Å². The standard InChI is InChI=1S/C48H56F2N12O6/c1-51-48(68)59-20-14-37-35(26-59)44(60-15-4-5-29-21-33(30-24-53-56(2)25-30)34(43(49)50)22-39(29)60)55-62(37)31-12-18-58(19-13-31)41(64)27-57-16-10-28(11-17-57)23-52-36-7-3-6-32-42(36)47(67)61(46(32)66)38-8-9-40(63)54-45(38)65/h3,6-7,21-22,24-25,28,31,38,43,52H,4-5,8-20,23,26-27H2,1-2H3,(H,51,68)(H,54,63,65). The first-order valence-electron chi connectivity index (χ1n) is 23.7. The second-order valence-electron chi connectivity index (χ2n) is 18.8. The Labute approximate surface area is 391 Å². The maximum absolute atomic E-state index is 14.8. The summed E-state index contributed by atoms with van der Waals surface area (Å²) in [6.45, 7) is 4.96. The summed E-state index contributed by atoms with van der Waals surface area (Å²) < 4.78 is 33.3. The third kappa shape index (κ3) is 8.36. The second kappa shape index (κ2) is 18.4. The van der Waals surface area contributed by atoms with E-state index in [1.54, 1.807) is 60.3 Å². The van der Waals surface area contributed by atoms with Gasteiger partial charge < -0.3 is 25.3 Å². The summed E-state index contributed by atoms with van der Waals surface area (Å²) in [5.74, 6) is -1.11. The number of nitrogens with one attached hydrogen (secondary N) is 3. The van der Waals surface area contributed by atoms with Crippen molar-refractivity contribution >= 4 is 52.8 Å². The third-order valence-electron chi connectivity index (χ3n) is 14.7. The summed E-state index contributed by atoms with van der Waals surface area (Å²) in [5.41, 5.74) is 5.69. The van der Waals surface area contributed by atoms with Gasteiger partial charge in [0, 0.05) is 99.6 Å². The SMILES string of the molecule is CNC(=O)N1CCc2c(c(N3CCCc4cc(-c5cnn(C)c5)c(C(F)F)cc43)nn2C2CCN(C(=O)CN3CCC(CNc4cccc5c4C(=O)N(C4CCC(=O)NC4=O)C5=O)CC3)CC2)C1. The van der Waals surface area contributed by atoms with E-state index in [0.29, 0.717) is 93.4 Å². The fourth-order valence-corrected chi connectivity index (χ4v) is 11.1. The highest BCUT2D eigenvalue weighted by Crippen LogP contribution is 2.44. The van der Waals surface area contributed by atoms with Crippen LogP contribution in [0.25, 0.3) is 11.1 Å². The zero-order chi connectivity index (χ0) is 47.4. The number of alkyl halides is 2. The van der Waals surface area contributed by atoms with E-state index in [1.807, 2.05) is 11.0 Å². The number of nitrogens with zero attached hydrogens (tertiary/aromatic N) is 9. The number of urea groups is 1. The van der Waals surface area contributed by atoms with Crippen LogP contribution >= 0.6 is 0 Å². The molecule has 8 heterocycles. The lowest BCUT2D eigenvalue weighted by molar-refractivity contribution is -0.136. The number of likely N-dealkylation sites (tertiary alicyclic amines) is 2. The molecule has 68 heavy (non-hydrogen) atoms. The molecule has 4 aromatic rings. The molecule has 358 valence electrons. The molecule has 18 nitrogen and oxygen atoms in total. The smallest absolute Gasteiger partial charge is 0.317 e. The number of aryl methyl sites for hydroxylation is 2. The van der Waals surface area contributed by atoms with E-state index in [4.69, 9.17) is 5.10 Å². The van der Waals surface area contributed by atoms with Gasteiger partial charge in [-0.1, -0.05) is 6.07 Å². The molecule has 20 heteroatoms. The molecule has 1 atom stereocenters. The van der Waals surface area contributed by atoms with Crippen molar-refractivity contribution in [2.45, 2.75) is 82.8 Å². The van der Waals surface area contributed by atoms with Gasteiger partial charge in [-0.05, 0) is 99.3 Å². The second-order valence-corrected chi connectivity index (χ2v) is 18.8. The van der Waals surface area contributed by atoms with Gasteiger partial charge in [0.05, 0.1) is 36.5 Å². The van der Waals surface area contributed by atoms with Crippen molar-refractivity contribution in [3.63, 3.8) is 0 Å². The normalized spacial score (nSPS) is 20.5. The third-order valence-corrected chi connectivity index (χ3v) is 14.7. The maximum Gasteiger partial charge on any atom is 0.317 e. The Morgan fingerprint density at radius 1 is 0.897 bits per heavy atom. The van der Waals surface area contributed by atoms with E-state index in [2.05, 4.69) is 35.5 Å². The van der Waals surface area contributed by atoms with Gasteiger partial charge >= 0.3 is 6.03 Å². The number of carbonyl (C=O) groups is 6. The van der Waals surface area contributed by atoms with Gasteiger partial charge in [-0.2, -0.15) is 10.2 Å². The van der Waals surface area contributed by atoms with Crippen LogP contribution in [0.1, 0.15) is 101 Å². The first-order chi connectivity index (χ1) is 32.9. The van der Waals surface area contributed by atoms with E-state index < -0.39 is 36.1 Å². The molecule has 6 aliphatic rings. The maximum atomic E-state index is 14.8. The van der Waals surface area contributed by atoms with Crippen molar-refractivity contribution in [1.82, 2.24) is 49.8 Å². The minimum atomic E-state index is -2.70. The molecule has 7 amide bonds. The van der Waals surface area contributed by atoms with Crippen molar-refractivity contribution in [2.24, 2.45) is 13.0 Å². The highest BCUT2D eigenvalue weighted by molar-refractivity contribution is 6.25. The van der Waals surface area contributed by atoms with E-state index >= 15 is 0 Å². The average Bonchev–Trinajstić information content (AvgIpc) is 4.03. The molecule has 0 bridgehead atoms. The van der Waals surface area contributed by atoms with Crippen LogP contribution in [0.4, 0.5) is 30.8 Å². The topological polar surface area (TPSA) is 190 Å². The zero-order valence-electron chi connectivity index (χ0n) is 38.3. The first-order valence-corrected chi connectivity index (χ1v) is 23.7. The van der Waals surface area contributed by atoms with E-state index in [9.17, 15) is 37.5 Å². The highest BCUT2D eigenvalue weighted by atomic mass is 19.3. The van der Waals surface area contributed by atoms with Crippen LogP contribution in [0.2, 0.25) is 0 Å². The number of amides is 7. The highest BCUT2D eigenvalue weighted by Gasteiger charge is 2.46. The lowest BCUT2D eigenvalue weighted by atomic mass is 9.92. The quantitative estimate of drug-likeness (QED) is 0.191. The number of hydrogen-bond acceptors (Lipinski definition) is 11. The van der Waals surface area contributed by atoms with Crippen molar-refractivity contribution < 1.29 is 37.5 Å². The van der Waals surface area contributed by atoms with E-state index in [1.165, 1.54) is 0 Å². The van der Waals surface area contributed by atoms with Gasteiger partial charge in [0.1, 0.15) is 6.04 Å². The molecule has 3 saturated heterocycles. The summed E-state index contributed by atoms with van der Waals surface area (Å²) in [5, 5.41) is 17.9. The summed E-state index contributed by atoms with van der Waals surface area (Å²) in [7, 11) is 3.38. The largest absolute Gasteiger partial charge is 0.384 e. The minimum absolute atomic E-state index is 0.0185. The van der Waals surface area contributed by atoms with E-state index in [0.717, 1.165) is 60.5 Å². The first kappa shape index (κ1) is 45.1.